The first-order valence-corrected chi connectivity index (χ1v) is 15.3. The van der Waals surface area contributed by atoms with E-state index in [4.69, 9.17) is 29.4 Å². The van der Waals surface area contributed by atoms with Gasteiger partial charge in [-0.2, -0.15) is 5.26 Å². The van der Waals surface area contributed by atoms with Gasteiger partial charge in [0.25, 0.3) is 0 Å². The van der Waals surface area contributed by atoms with Crippen molar-refractivity contribution in [3.05, 3.63) is 52.1 Å². The van der Waals surface area contributed by atoms with Crippen LogP contribution in [0.15, 0.2) is 18.7 Å². The summed E-state index contributed by atoms with van der Waals surface area (Å²) in [6.45, 7) is 8.85. The first kappa shape index (κ1) is 31.5. The van der Waals surface area contributed by atoms with E-state index >= 15 is 0 Å². The second-order valence-electron chi connectivity index (χ2n) is 12.2. The van der Waals surface area contributed by atoms with Crippen molar-refractivity contribution < 1.29 is 38.4 Å². The summed E-state index contributed by atoms with van der Waals surface area (Å²) in [5.41, 5.74) is 10.2. The van der Waals surface area contributed by atoms with E-state index in [9.17, 15) is 20.0 Å². The molecule has 1 unspecified atom stereocenters. The van der Waals surface area contributed by atoms with Crippen LogP contribution in [0.25, 0.3) is 0 Å². The molecular formula is C33H39N5O8. The maximum Gasteiger partial charge on any atom is 0.514 e. The van der Waals surface area contributed by atoms with Crippen LogP contribution in [0.5, 0.6) is 28.7 Å². The first-order valence-electron chi connectivity index (χ1n) is 15.3. The second-order valence-corrected chi connectivity index (χ2v) is 12.2. The molecule has 46 heavy (non-hydrogen) atoms. The van der Waals surface area contributed by atoms with Gasteiger partial charge < -0.3 is 39.8 Å². The van der Waals surface area contributed by atoms with Gasteiger partial charge in [-0.25, -0.2) is 4.79 Å². The zero-order valence-corrected chi connectivity index (χ0v) is 26.6. The van der Waals surface area contributed by atoms with Crippen LogP contribution in [0.4, 0.5) is 4.79 Å². The number of phenols is 1. The summed E-state index contributed by atoms with van der Waals surface area (Å²) in [5.74, 6) is 1.24. The van der Waals surface area contributed by atoms with Gasteiger partial charge in [0.2, 0.25) is 12.7 Å². The lowest BCUT2D eigenvalue weighted by Crippen LogP contribution is -2.68. The Morgan fingerprint density at radius 2 is 1.98 bits per heavy atom. The molecule has 6 rings (SSSR count). The van der Waals surface area contributed by atoms with Gasteiger partial charge in [0.1, 0.15) is 18.4 Å². The number of carbonyl (C=O) groups excluding carboxylic acids is 2. The van der Waals surface area contributed by atoms with Crippen LogP contribution in [-0.4, -0.2) is 85.2 Å². The van der Waals surface area contributed by atoms with Gasteiger partial charge in [-0.1, -0.05) is 18.7 Å². The van der Waals surface area contributed by atoms with Gasteiger partial charge in [-0.3, -0.25) is 14.6 Å². The third kappa shape index (κ3) is 4.79. The van der Waals surface area contributed by atoms with Crippen molar-refractivity contribution in [2.75, 3.05) is 34.1 Å². The third-order valence-electron chi connectivity index (χ3n) is 9.65. The molecule has 2 aromatic carbocycles. The Morgan fingerprint density at radius 1 is 1.24 bits per heavy atom. The lowest BCUT2D eigenvalue weighted by atomic mass is 9.71. The number of rotatable bonds is 7. The van der Waals surface area contributed by atoms with E-state index in [-0.39, 0.29) is 49.4 Å². The second kappa shape index (κ2) is 12.0. The number of likely N-dealkylation sites (N-methyl/N-ethyl adjacent to an activating group) is 1. The number of aromatic hydroxyl groups is 1. The van der Waals surface area contributed by atoms with Crippen molar-refractivity contribution in [1.82, 2.24) is 15.1 Å². The summed E-state index contributed by atoms with van der Waals surface area (Å²) in [6, 6.07) is 1.55. The summed E-state index contributed by atoms with van der Waals surface area (Å²) < 4.78 is 28.6. The van der Waals surface area contributed by atoms with E-state index in [1.165, 1.54) is 13.2 Å². The van der Waals surface area contributed by atoms with Crippen LogP contribution in [0.1, 0.15) is 52.4 Å². The number of nitrogens with one attached hydrogen (secondary N) is 1. The molecule has 4 N–H and O–H groups in total. The number of hydrogen-bond donors (Lipinski definition) is 3. The molecule has 6 atom stereocenters. The largest absolute Gasteiger partial charge is 0.514 e. The number of amides is 1. The number of phenolic OH excluding ortho intramolecular Hbond substituents is 1. The zero-order valence-electron chi connectivity index (χ0n) is 26.6. The standard InChI is InChI=1S/C33H39N5O8/c1-7-8-43-33(41)46-29-16(3)30-31(45-14-44-30)25-19(29)11-21-26-24-18(9-15(2)28(42-6)27(24)39)10-20(37(26)5)22(12-34)38(21)23(25)13-36-32(40)17(4)35/h7,9,17,20-23,26,39H,1,8,10-11,13-14,35H2,2-6H3,(H,36,40)/t17-,20-,21?,22-,23-,26-/m0/s1. The SMILES string of the molecule is C=CCOC(=O)Oc1c(C)c2c(c3c1CC1[C@H]4c5c(cc(C)c(OC)c5O)C[C@@H]([C@H](C#N)N1[C@H]3CNC(=O)[C@H](C)N)N4C)OCO2. The number of benzene rings is 2. The summed E-state index contributed by atoms with van der Waals surface area (Å²) >= 11 is 0. The van der Waals surface area contributed by atoms with Crippen LogP contribution in [0.3, 0.4) is 0 Å². The van der Waals surface area contributed by atoms with E-state index in [0.29, 0.717) is 46.8 Å². The molecule has 0 saturated carbocycles. The maximum absolute atomic E-state index is 12.9. The predicted octanol–water partition coefficient (Wildman–Crippen LogP) is 2.68. The summed E-state index contributed by atoms with van der Waals surface area (Å²) in [5, 5.41) is 25.4. The van der Waals surface area contributed by atoms with E-state index in [1.807, 2.05) is 20.0 Å². The van der Waals surface area contributed by atoms with Crippen LogP contribution >= 0.6 is 0 Å². The minimum absolute atomic E-state index is 0.0393. The van der Waals surface area contributed by atoms with Crippen LogP contribution in [0.2, 0.25) is 0 Å². The van der Waals surface area contributed by atoms with Gasteiger partial charge in [-0.15, -0.1) is 0 Å². The van der Waals surface area contributed by atoms with Crippen LogP contribution < -0.4 is 30.0 Å². The van der Waals surface area contributed by atoms with Gasteiger partial charge in [0.15, 0.2) is 23.0 Å². The smallest absolute Gasteiger partial charge is 0.504 e. The first-order chi connectivity index (χ1) is 22.0. The molecule has 13 heteroatoms. The number of ether oxygens (including phenoxy) is 5. The quantitative estimate of drug-likeness (QED) is 0.232. The predicted molar refractivity (Wildman–Crippen MR) is 165 cm³/mol. The van der Waals surface area contributed by atoms with E-state index in [1.54, 1.807) is 13.8 Å². The molecule has 4 aliphatic rings. The van der Waals surface area contributed by atoms with Crippen molar-refractivity contribution in [3.63, 3.8) is 0 Å². The molecule has 0 aliphatic carbocycles. The van der Waals surface area contributed by atoms with E-state index < -0.39 is 30.3 Å². The zero-order chi connectivity index (χ0) is 33.0. The molecule has 244 valence electrons. The number of carbonyl (C=O) groups is 2. The molecule has 2 bridgehead atoms. The van der Waals surface area contributed by atoms with E-state index in [0.717, 1.165) is 16.7 Å². The van der Waals surface area contributed by atoms with Crippen molar-refractivity contribution in [2.24, 2.45) is 5.73 Å². The van der Waals surface area contributed by atoms with Gasteiger partial charge in [0.05, 0.1) is 31.3 Å². The van der Waals surface area contributed by atoms with E-state index in [2.05, 4.69) is 27.8 Å². The molecule has 0 radical (unpaired) electrons. The monoisotopic (exact) mass is 633 g/mol. The average Bonchev–Trinajstić information content (AvgIpc) is 3.51. The molecule has 1 saturated heterocycles. The van der Waals surface area contributed by atoms with Crippen molar-refractivity contribution in [1.29, 1.82) is 5.26 Å². The van der Waals surface area contributed by atoms with Crippen LogP contribution in [0, 0.1) is 25.2 Å². The summed E-state index contributed by atoms with van der Waals surface area (Å²) in [4.78, 5) is 30.0. The highest BCUT2D eigenvalue weighted by Gasteiger charge is 2.57. The minimum atomic E-state index is -0.912. The Kier molecular flexibility index (Phi) is 8.22. The van der Waals surface area contributed by atoms with Crippen molar-refractivity contribution in [2.45, 2.75) is 69.9 Å². The molecule has 0 aromatic heterocycles. The van der Waals surface area contributed by atoms with Crippen LogP contribution in [-0.2, 0) is 22.4 Å². The fraction of sp³-hybridized carbons (Fsp3) is 0.485. The highest BCUT2D eigenvalue weighted by Crippen LogP contribution is 2.58. The number of aryl methyl sites for hydroxylation is 1. The lowest BCUT2D eigenvalue weighted by Gasteiger charge is -2.60. The number of hydrogen-bond acceptors (Lipinski definition) is 12. The Balaban J connectivity index is 1.59. The molecule has 1 fully saturated rings. The molecule has 13 nitrogen and oxygen atoms in total. The highest BCUT2D eigenvalue weighted by atomic mass is 16.7. The Labute approximate surface area is 267 Å². The minimum Gasteiger partial charge on any atom is -0.504 e. The molecule has 2 aromatic rings. The topological polar surface area (TPSA) is 169 Å². The fourth-order valence-corrected chi connectivity index (χ4v) is 7.77. The average molecular weight is 634 g/mol. The number of fused-ring (bicyclic) bond motifs is 9. The summed E-state index contributed by atoms with van der Waals surface area (Å²) in [7, 11) is 3.49. The molecule has 4 aliphatic heterocycles. The number of methoxy groups -OCH3 is 1. The molecular weight excluding hydrogens is 594 g/mol. The van der Waals surface area contributed by atoms with Crippen molar-refractivity contribution >= 4 is 12.1 Å². The summed E-state index contributed by atoms with van der Waals surface area (Å²) in [6.07, 6.45) is 1.36. The van der Waals surface area contributed by atoms with Gasteiger partial charge >= 0.3 is 6.16 Å². The van der Waals surface area contributed by atoms with Gasteiger partial charge in [-0.05, 0) is 51.8 Å². The van der Waals surface area contributed by atoms with Crippen molar-refractivity contribution in [3.8, 4) is 34.8 Å². The molecule has 0 spiro atoms. The van der Waals surface area contributed by atoms with Gasteiger partial charge in [0, 0.05) is 40.9 Å². The Bertz CT molecular complexity index is 1650. The number of nitrogens with two attached hydrogens (primary N) is 1. The normalized spacial score (nSPS) is 24.8. The number of nitrogens with zero attached hydrogens (tertiary/aromatic N) is 3. The fourth-order valence-electron chi connectivity index (χ4n) is 7.77. The lowest BCUT2D eigenvalue weighted by molar-refractivity contribution is -0.123. The number of piperazine rings is 1. The Morgan fingerprint density at radius 3 is 2.65 bits per heavy atom. The molecule has 1 amide bonds. The highest BCUT2D eigenvalue weighted by molar-refractivity contribution is 5.81. The Hall–Kier alpha value is -4.51. The molecule has 4 heterocycles. The maximum atomic E-state index is 12.9. The number of nitriles is 1. The third-order valence-corrected chi connectivity index (χ3v) is 9.65.